The Hall–Kier alpha value is -1.63. The van der Waals surface area contributed by atoms with Crippen LogP contribution in [0, 0.1) is 0 Å². The van der Waals surface area contributed by atoms with Crippen molar-refractivity contribution in [2.24, 2.45) is 0 Å². The number of hydrogen-bond donors (Lipinski definition) is 2. The van der Waals surface area contributed by atoms with Gasteiger partial charge in [0.05, 0.1) is 6.33 Å². The van der Waals surface area contributed by atoms with E-state index in [1.54, 1.807) is 14.4 Å². The fourth-order valence-corrected chi connectivity index (χ4v) is 4.50. The van der Waals surface area contributed by atoms with Gasteiger partial charge in [0.2, 0.25) is 5.95 Å². The van der Waals surface area contributed by atoms with Crippen LogP contribution in [-0.4, -0.2) is 80.4 Å². The fraction of sp³-hybridized carbons (Fsp3) is 0.643. The van der Waals surface area contributed by atoms with Crippen LogP contribution >= 0.6 is 15.2 Å². The molecule has 0 amide bonds. The third-order valence-corrected chi connectivity index (χ3v) is 6.44. The number of aromatic amines is 1. The number of aromatic nitrogens is 4. The van der Waals surface area contributed by atoms with Crippen molar-refractivity contribution in [3.05, 3.63) is 16.7 Å². The maximum absolute atomic E-state index is 12.0. The molecular formula is C14H21N7O7P2-4. The van der Waals surface area contributed by atoms with E-state index >= 15 is 0 Å². The van der Waals surface area contributed by atoms with Crippen molar-refractivity contribution in [2.75, 3.05) is 50.8 Å². The van der Waals surface area contributed by atoms with Crippen LogP contribution in [0.15, 0.2) is 11.1 Å². The van der Waals surface area contributed by atoms with Crippen LogP contribution in [0.1, 0.15) is 0 Å². The zero-order chi connectivity index (χ0) is 22.1. The molecule has 1 atom stereocenters. The summed E-state index contributed by atoms with van der Waals surface area (Å²) in [7, 11) is -9.35. The average Bonchev–Trinajstić information content (AvgIpc) is 3.01. The van der Waals surface area contributed by atoms with E-state index in [0.717, 1.165) is 0 Å². The van der Waals surface area contributed by atoms with E-state index in [1.807, 2.05) is 0 Å². The monoisotopic (exact) mass is 461 g/mol. The van der Waals surface area contributed by atoms with Gasteiger partial charge < -0.3 is 43.9 Å². The summed E-state index contributed by atoms with van der Waals surface area (Å²) in [4.78, 5) is 70.1. The number of nitrogens with zero attached hydrogens (tertiary/aromatic N) is 5. The molecule has 30 heavy (non-hydrogen) atoms. The van der Waals surface area contributed by atoms with E-state index in [1.165, 1.54) is 6.33 Å². The molecule has 16 heteroatoms. The smallest absolute Gasteiger partial charge is 0.280 e. The van der Waals surface area contributed by atoms with E-state index in [2.05, 4.69) is 15.0 Å². The second kappa shape index (κ2) is 8.85. The average molecular weight is 461 g/mol. The third-order valence-electron chi connectivity index (χ3n) is 4.94. The Morgan fingerprint density at radius 3 is 2.47 bits per heavy atom. The lowest BCUT2D eigenvalue weighted by Crippen LogP contribution is -2.56. The van der Waals surface area contributed by atoms with Gasteiger partial charge in [0, 0.05) is 45.3 Å². The second-order valence-corrected chi connectivity index (χ2v) is 10.5. The van der Waals surface area contributed by atoms with Gasteiger partial charge >= 0.3 is 0 Å². The molecule has 2 aromatic rings. The Kier molecular flexibility index (Phi) is 6.80. The lowest BCUT2D eigenvalue weighted by molar-refractivity contribution is -0.315. The van der Waals surface area contributed by atoms with Crippen molar-refractivity contribution in [1.29, 1.82) is 0 Å². The number of rotatable bonds is 8. The molecule has 0 radical (unpaired) electrons. The number of nitrogens with two attached hydrogens (primary N) is 1. The first kappa shape index (κ1) is 23.0. The first-order valence-corrected chi connectivity index (χ1v) is 12.6. The molecule has 1 saturated heterocycles. The molecule has 0 spiro atoms. The molecule has 2 aromatic heterocycles. The number of imidazole rings is 1. The summed E-state index contributed by atoms with van der Waals surface area (Å²) in [5, 5.41) is 0. The van der Waals surface area contributed by atoms with Gasteiger partial charge in [0.1, 0.15) is 0 Å². The first-order chi connectivity index (χ1) is 13.9. The minimum atomic E-state index is -4.70. The molecule has 3 N–H and O–H groups in total. The van der Waals surface area contributed by atoms with Crippen molar-refractivity contribution in [1.82, 2.24) is 29.3 Å². The summed E-state index contributed by atoms with van der Waals surface area (Å²) in [5.41, 5.74) is 5.43. The van der Waals surface area contributed by atoms with Gasteiger partial charge in [-0.2, -0.15) is 4.98 Å². The summed E-state index contributed by atoms with van der Waals surface area (Å²) in [6, 6.07) is -0.345. The highest BCUT2D eigenvalue weighted by Crippen LogP contribution is 2.25. The standard InChI is InChI=1S/C14H25N7O7P2/c15-14-17-12-11(13(22)18-14)16-9-21(12)8-10-7-19(3-5-29(23,24)25)1-2-20(10)4-6-30(26,27)28/h9-10H,1-8H2,(H2,23,24,25)(H2,26,27,28)(H3,15,17,18,22)/p-4. The van der Waals surface area contributed by atoms with Gasteiger partial charge in [-0.1, -0.05) is 15.2 Å². The Bertz CT molecular complexity index is 1040. The normalized spacial score (nSPS) is 19.5. The Balaban J connectivity index is 1.80. The Morgan fingerprint density at radius 1 is 1.13 bits per heavy atom. The summed E-state index contributed by atoms with van der Waals surface area (Å²) in [5.74, 6) is -0.0864. The number of anilines is 1. The number of piperazine rings is 1. The molecule has 1 aliphatic heterocycles. The van der Waals surface area contributed by atoms with Crippen molar-refractivity contribution < 1.29 is 28.7 Å². The maximum Gasteiger partial charge on any atom is 0.280 e. The third kappa shape index (κ3) is 6.19. The second-order valence-electron chi connectivity index (χ2n) is 7.18. The van der Waals surface area contributed by atoms with Crippen LogP contribution < -0.4 is 30.9 Å². The highest BCUT2D eigenvalue weighted by Gasteiger charge is 2.28. The van der Waals surface area contributed by atoms with E-state index in [4.69, 9.17) is 5.73 Å². The van der Waals surface area contributed by atoms with Crippen LogP contribution in [0.4, 0.5) is 5.95 Å². The highest BCUT2D eigenvalue weighted by molar-refractivity contribution is 7.49. The minimum absolute atomic E-state index is 0.00711. The largest absolute Gasteiger partial charge is 0.811 e. The van der Waals surface area contributed by atoms with Crippen LogP contribution in [-0.2, 0) is 15.7 Å². The quantitative estimate of drug-likeness (QED) is 0.355. The molecule has 1 unspecified atom stereocenters. The molecule has 3 heterocycles. The van der Waals surface area contributed by atoms with Gasteiger partial charge in [-0.15, -0.1) is 0 Å². The molecule has 14 nitrogen and oxygen atoms in total. The predicted octanol–water partition coefficient (Wildman–Crippen LogP) is -4.48. The number of nitrogen functional groups attached to an aromatic ring is 1. The topological polar surface area (TPSA) is 222 Å². The van der Waals surface area contributed by atoms with E-state index in [9.17, 15) is 33.5 Å². The van der Waals surface area contributed by atoms with E-state index in [0.29, 0.717) is 19.6 Å². The molecule has 168 valence electrons. The minimum Gasteiger partial charge on any atom is -0.811 e. The summed E-state index contributed by atoms with van der Waals surface area (Å²) >= 11 is 0. The van der Waals surface area contributed by atoms with Crippen LogP contribution in [0.25, 0.3) is 11.2 Å². The van der Waals surface area contributed by atoms with E-state index < -0.39 is 33.1 Å². The van der Waals surface area contributed by atoms with Gasteiger partial charge in [0.15, 0.2) is 11.2 Å². The summed E-state index contributed by atoms with van der Waals surface area (Å²) in [6.07, 6.45) is 0.339. The molecular weight excluding hydrogens is 440 g/mol. The molecule has 0 saturated carbocycles. The number of fused-ring (bicyclic) bond motifs is 1. The first-order valence-electron chi connectivity index (χ1n) is 9.10. The zero-order valence-corrected chi connectivity index (χ0v) is 17.7. The number of H-pyrrole nitrogens is 1. The summed E-state index contributed by atoms with van der Waals surface area (Å²) in [6.45, 7) is 1.39. The molecule has 0 aliphatic carbocycles. The number of hydrogen-bond acceptors (Lipinski definition) is 12. The van der Waals surface area contributed by atoms with Crippen LogP contribution in [0.2, 0.25) is 0 Å². The van der Waals surface area contributed by atoms with E-state index in [-0.39, 0.29) is 42.8 Å². The SMILES string of the molecule is Nc1nc2c(ncn2CC2CN(CCP(=O)([O-])[O-])CCN2CCP(=O)([O-])[O-])c(=O)[nH]1. The van der Waals surface area contributed by atoms with Crippen LogP contribution in [0.3, 0.4) is 0 Å². The van der Waals surface area contributed by atoms with Gasteiger partial charge in [-0.25, -0.2) is 4.98 Å². The van der Waals surface area contributed by atoms with Gasteiger partial charge in [-0.05, 0) is 12.3 Å². The van der Waals surface area contributed by atoms with Gasteiger partial charge in [0.25, 0.3) is 5.56 Å². The lowest BCUT2D eigenvalue weighted by atomic mass is 10.1. The predicted molar refractivity (Wildman–Crippen MR) is 99.3 cm³/mol. The van der Waals surface area contributed by atoms with Crippen molar-refractivity contribution >= 4 is 32.3 Å². The Morgan fingerprint density at radius 2 is 1.80 bits per heavy atom. The Labute approximate surface area is 171 Å². The highest BCUT2D eigenvalue weighted by atomic mass is 31.2. The van der Waals surface area contributed by atoms with Crippen LogP contribution in [0.5, 0.6) is 0 Å². The van der Waals surface area contributed by atoms with Crippen molar-refractivity contribution in [3.8, 4) is 0 Å². The molecule has 1 aliphatic rings. The van der Waals surface area contributed by atoms with Crippen molar-refractivity contribution in [2.45, 2.75) is 12.6 Å². The molecule has 0 aromatic carbocycles. The molecule has 0 bridgehead atoms. The molecule has 3 rings (SSSR count). The van der Waals surface area contributed by atoms with Crippen molar-refractivity contribution in [3.63, 3.8) is 0 Å². The summed E-state index contributed by atoms with van der Waals surface area (Å²) < 4.78 is 23.6. The van der Waals surface area contributed by atoms with Gasteiger partial charge in [-0.3, -0.25) is 14.7 Å². The molecule has 1 fully saturated rings. The fourth-order valence-electron chi connectivity index (χ4n) is 3.47. The lowest BCUT2D eigenvalue weighted by Gasteiger charge is -2.44. The maximum atomic E-state index is 12.0. The number of nitrogens with one attached hydrogen (secondary N) is 1. The zero-order valence-electron chi connectivity index (χ0n) is 15.9.